The van der Waals surface area contributed by atoms with E-state index in [1.165, 1.54) is 0 Å². The lowest BCUT2D eigenvalue weighted by atomic mass is 9.94. The Hall–Kier alpha value is -2.22. The van der Waals surface area contributed by atoms with Crippen molar-refractivity contribution in [1.29, 1.82) is 5.41 Å². The topological polar surface area (TPSA) is 88.4 Å². The number of aromatic nitrogens is 2. The fourth-order valence-electron chi connectivity index (χ4n) is 3.43. The predicted octanol–water partition coefficient (Wildman–Crippen LogP) is 2.61. The number of ether oxygens (including phenoxy) is 2. The molecule has 7 nitrogen and oxygen atoms in total. The smallest absolute Gasteiger partial charge is 0.162 e. The summed E-state index contributed by atoms with van der Waals surface area (Å²) in [5.41, 5.74) is 2.87. The summed E-state index contributed by atoms with van der Waals surface area (Å²) in [6, 6.07) is 3.81. The van der Waals surface area contributed by atoms with Crippen LogP contribution in [-0.4, -0.2) is 53.0 Å². The van der Waals surface area contributed by atoms with Crippen LogP contribution in [0.3, 0.4) is 0 Å². The number of hydrogen-bond donors (Lipinski definition) is 1. The predicted molar refractivity (Wildman–Crippen MR) is 104 cm³/mol. The summed E-state index contributed by atoms with van der Waals surface area (Å²) in [6.45, 7) is 1.86. The van der Waals surface area contributed by atoms with Crippen molar-refractivity contribution in [2.24, 2.45) is 5.92 Å². The number of piperidine rings is 1. The van der Waals surface area contributed by atoms with Gasteiger partial charge in [0.2, 0.25) is 0 Å². The molecule has 1 aliphatic rings. The van der Waals surface area contributed by atoms with Gasteiger partial charge in [0.1, 0.15) is 0 Å². The van der Waals surface area contributed by atoms with Gasteiger partial charge in [-0.05, 0) is 31.2 Å². The molecule has 1 saturated heterocycles. The van der Waals surface area contributed by atoms with Crippen molar-refractivity contribution >= 4 is 32.9 Å². The molecule has 1 aromatic carbocycles. The van der Waals surface area contributed by atoms with Gasteiger partial charge in [-0.15, -0.1) is 0 Å². The molecular formula is C18H24N4O3S. The molecule has 8 heteroatoms. The van der Waals surface area contributed by atoms with Crippen LogP contribution in [-0.2, 0) is 10.8 Å². The third kappa shape index (κ3) is 3.95. The quantitative estimate of drug-likeness (QED) is 0.590. The van der Waals surface area contributed by atoms with Crippen molar-refractivity contribution in [2.45, 2.75) is 19.3 Å². The maximum absolute atomic E-state index is 11.4. The van der Waals surface area contributed by atoms with Gasteiger partial charge < -0.3 is 14.4 Å². The van der Waals surface area contributed by atoms with Crippen molar-refractivity contribution in [1.82, 2.24) is 10.2 Å². The van der Waals surface area contributed by atoms with E-state index in [9.17, 15) is 4.21 Å². The number of hydrogen-bond acceptors (Lipinski definition) is 7. The van der Waals surface area contributed by atoms with Gasteiger partial charge in [0, 0.05) is 30.3 Å². The minimum Gasteiger partial charge on any atom is -0.493 e. The van der Waals surface area contributed by atoms with Crippen LogP contribution in [0.4, 0.5) is 5.69 Å². The van der Waals surface area contributed by atoms with Crippen molar-refractivity contribution in [3.05, 3.63) is 18.3 Å². The van der Waals surface area contributed by atoms with E-state index in [2.05, 4.69) is 15.1 Å². The molecule has 0 radical (unpaired) electrons. The highest BCUT2D eigenvalue weighted by Gasteiger charge is 2.22. The van der Waals surface area contributed by atoms with E-state index >= 15 is 0 Å². The van der Waals surface area contributed by atoms with Gasteiger partial charge in [-0.25, -0.2) is 0 Å². The number of methoxy groups -OCH3 is 2. The number of rotatable bonds is 7. The second-order valence-corrected chi connectivity index (χ2v) is 7.78. The number of anilines is 1. The van der Waals surface area contributed by atoms with E-state index in [1.807, 2.05) is 12.1 Å². The van der Waals surface area contributed by atoms with Crippen molar-refractivity contribution in [3.8, 4) is 11.5 Å². The molecular weight excluding hydrogens is 352 g/mol. The van der Waals surface area contributed by atoms with Gasteiger partial charge in [0.15, 0.2) is 11.5 Å². The average Bonchev–Trinajstić information content (AvgIpc) is 2.70. The molecule has 1 unspecified atom stereocenters. The molecule has 0 spiro atoms. The molecule has 2 aromatic rings. The number of fused-ring (bicyclic) bond motifs is 1. The molecule has 1 aliphatic heterocycles. The standard InChI is InChI=1S/C18H24N4O3S/c1-24-17-9-14-15(10-18(17)25-2)21-20-11-16(14)22-6-3-13(4-7-22)5-8-26(23)12-19/h9-13,19H,3-8H2,1-2H3. The molecule has 3 rings (SSSR count). The summed E-state index contributed by atoms with van der Waals surface area (Å²) in [7, 11) is 2.12. The van der Waals surface area contributed by atoms with Crippen LogP contribution in [0, 0.1) is 11.3 Å². The first-order valence-corrected chi connectivity index (χ1v) is 10.0. The van der Waals surface area contributed by atoms with E-state index < -0.39 is 10.8 Å². The zero-order chi connectivity index (χ0) is 18.5. The normalized spacial score (nSPS) is 16.5. The first kappa shape index (κ1) is 18.6. The summed E-state index contributed by atoms with van der Waals surface area (Å²) >= 11 is 0. The van der Waals surface area contributed by atoms with Crippen molar-refractivity contribution in [2.75, 3.05) is 38.0 Å². The highest BCUT2D eigenvalue weighted by Crippen LogP contribution is 2.36. The summed E-state index contributed by atoms with van der Waals surface area (Å²) in [6.07, 6.45) is 4.81. The largest absolute Gasteiger partial charge is 0.493 e. The fourth-order valence-corrected chi connectivity index (χ4v) is 4.11. The van der Waals surface area contributed by atoms with Crippen LogP contribution < -0.4 is 14.4 Å². The molecule has 0 aliphatic carbocycles. The SMILES string of the molecule is COc1cc2nncc(N3CCC(CCS(=O)C=N)CC3)c2cc1OC. The van der Waals surface area contributed by atoms with Gasteiger partial charge in [0.25, 0.3) is 0 Å². The number of nitrogens with zero attached hydrogens (tertiary/aromatic N) is 3. The maximum atomic E-state index is 11.4. The first-order valence-electron chi connectivity index (χ1n) is 8.66. The molecule has 26 heavy (non-hydrogen) atoms. The van der Waals surface area contributed by atoms with E-state index in [0.29, 0.717) is 23.2 Å². The Morgan fingerprint density at radius 2 is 1.96 bits per heavy atom. The van der Waals surface area contributed by atoms with Crippen LogP contribution in [0.2, 0.25) is 0 Å². The lowest BCUT2D eigenvalue weighted by Gasteiger charge is -2.34. The Morgan fingerprint density at radius 1 is 1.27 bits per heavy atom. The molecule has 1 fully saturated rings. The Bertz CT molecular complexity index is 806. The minimum atomic E-state index is -1.11. The molecule has 1 atom stereocenters. The number of benzene rings is 1. The highest BCUT2D eigenvalue weighted by molar-refractivity contribution is 7.98. The summed E-state index contributed by atoms with van der Waals surface area (Å²) < 4.78 is 22.2. The van der Waals surface area contributed by atoms with E-state index in [0.717, 1.165) is 54.5 Å². The van der Waals surface area contributed by atoms with Crippen LogP contribution in [0.25, 0.3) is 10.9 Å². The van der Waals surface area contributed by atoms with Gasteiger partial charge in [-0.1, -0.05) is 0 Å². The van der Waals surface area contributed by atoms with Crippen molar-refractivity contribution < 1.29 is 13.7 Å². The lowest BCUT2D eigenvalue weighted by Crippen LogP contribution is -2.34. The van der Waals surface area contributed by atoms with E-state index in [4.69, 9.17) is 14.9 Å². The number of nitrogens with one attached hydrogen (secondary N) is 1. The molecule has 1 N–H and O–H groups in total. The highest BCUT2D eigenvalue weighted by atomic mass is 32.2. The third-order valence-electron chi connectivity index (χ3n) is 4.94. The summed E-state index contributed by atoms with van der Waals surface area (Å²) in [4.78, 5) is 2.33. The summed E-state index contributed by atoms with van der Waals surface area (Å²) in [5, 5.41) is 16.4. The fraction of sp³-hybridized carbons (Fsp3) is 0.500. The lowest BCUT2D eigenvalue weighted by molar-refractivity contribution is 0.355. The zero-order valence-electron chi connectivity index (χ0n) is 15.1. The van der Waals surface area contributed by atoms with Crippen LogP contribution in [0.5, 0.6) is 11.5 Å². The Morgan fingerprint density at radius 3 is 2.62 bits per heavy atom. The maximum Gasteiger partial charge on any atom is 0.162 e. The second-order valence-electron chi connectivity index (χ2n) is 6.38. The van der Waals surface area contributed by atoms with Gasteiger partial charge in [0.05, 0.1) is 48.0 Å². The Kier molecular flexibility index (Phi) is 6.03. The van der Waals surface area contributed by atoms with Gasteiger partial charge in [-0.2, -0.15) is 10.2 Å². The Labute approximate surface area is 155 Å². The van der Waals surface area contributed by atoms with Crippen molar-refractivity contribution in [3.63, 3.8) is 0 Å². The molecule has 0 amide bonds. The Balaban J connectivity index is 1.77. The molecule has 2 heterocycles. The summed E-state index contributed by atoms with van der Waals surface area (Å²) in [5.74, 6) is 2.47. The monoisotopic (exact) mass is 376 g/mol. The van der Waals surface area contributed by atoms with Gasteiger partial charge >= 0.3 is 0 Å². The van der Waals surface area contributed by atoms with E-state index in [1.54, 1.807) is 20.4 Å². The van der Waals surface area contributed by atoms with Gasteiger partial charge in [-0.3, -0.25) is 9.62 Å². The van der Waals surface area contributed by atoms with E-state index in [-0.39, 0.29) is 0 Å². The molecule has 0 bridgehead atoms. The average molecular weight is 376 g/mol. The van der Waals surface area contributed by atoms with Crippen LogP contribution in [0.1, 0.15) is 19.3 Å². The minimum absolute atomic E-state index is 0.561. The van der Waals surface area contributed by atoms with Crippen LogP contribution in [0.15, 0.2) is 18.3 Å². The third-order valence-corrected chi connectivity index (χ3v) is 5.84. The first-order chi connectivity index (χ1) is 12.7. The molecule has 0 saturated carbocycles. The zero-order valence-corrected chi connectivity index (χ0v) is 15.9. The second kappa shape index (κ2) is 8.44. The molecule has 1 aromatic heterocycles. The molecule has 140 valence electrons. The van der Waals surface area contributed by atoms with Crippen LogP contribution >= 0.6 is 0 Å².